The highest BCUT2D eigenvalue weighted by Gasteiger charge is 1.98. The second-order valence-corrected chi connectivity index (χ2v) is 3.81. The van der Waals surface area contributed by atoms with Crippen LogP contribution in [0.1, 0.15) is 16.8 Å². The van der Waals surface area contributed by atoms with Crippen LogP contribution in [0.15, 0.2) is 48.7 Å². The molecule has 0 aliphatic carbocycles. The molecule has 1 aromatic carbocycles. The van der Waals surface area contributed by atoms with Crippen molar-refractivity contribution in [2.45, 2.75) is 0 Å². The first-order chi connectivity index (χ1) is 8.29. The minimum Gasteiger partial charge on any atom is -0.202 e. The minimum absolute atomic E-state index is 0.685. The first-order valence-corrected chi connectivity index (χ1v) is 5.42. The quantitative estimate of drug-likeness (QED) is 0.716. The summed E-state index contributed by atoms with van der Waals surface area (Å²) in [6.45, 7) is 0. The Kier molecular flexibility index (Phi) is 3.32. The molecule has 17 heavy (non-hydrogen) atoms. The van der Waals surface area contributed by atoms with Crippen LogP contribution in [-0.4, -0.2) is 0 Å². The van der Waals surface area contributed by atoms with Gasteiger partial charge in [-0.25, -0.2) is 4.57 Å². The van der Waals surface area contributed by atoms with E-state index in [4.69, 9.17) is 5.26 Å². The molecule has 0 spiro atoms. The topological polar surface area (TPSA) is 27.7 Å². The summed E-state index contributed by atoms with van der Waals surface area (Å²) in [5, 5.41) is 8.81. The van der Waals surface area contributed by atoms with E-state index in [1.54, 1.807) is 6.07 Å². The molecule has 1 heterocycles. The average Bonchev–Trinajstić information content (AvgIpc) is 2.38. The van der Waals surface area contributed by atoms with Gasteiger partial charge < -0.3 is 0 Å². The van der Waals surface area contributed by atoms with Gasteiger partial charge in [0.15, 0.2) is 6.20 Å². The van der Waals surface area contributed by atoms with Crippen molar-refractivity contribution in [1.29, 1.82) is 5.26 Å². The molecule has 0 aliphatic heterocycles. The number of nitrogens with zero attached hydrogens (tertiary/aromatic N) is 2. The first kappa shape index (κ1) is 11.1. The molecule has 0 amide bonds. The molecule has 0 aliphatic rings. The molecule has 2 aromatic rings. The van der Waals surface area contributed by atoms with Crippen LogP contribution in [0.5, 0.6) is 0 Å². The summed E-state index contributed by atoms with van der Waals surface area (Å²) in [5.41, 5.74) is 2.84. The van der Waals surface area contributed by atoms with E-state index in [1.165, 1.54) is 0 Å². The number of pyridine rings is 1. The number of rotatable bonds is 2. The molecule has 2 rings (SSSR count). The molecular formula is C15H13N2+. The largest absolute Gasteiger partial charge is 0.204 e. The van der Waals surface area contributed by atoms with E-state index in [0.717, 1.165) is 11.3 Å². The van der Waals surface area contributed by atoms with Gasteiger partial charge in [-0.05, 0) is 29.8 Å². The van der Waals surface area contributed by atoms with E-state index >= 15 is 0 Å². The van der Waals surface area contributed by atoms with Crippen LogP contribution in [0.2, 0.25) is 0 Å². The molecule has 0 N–H and O–H groups in total. The van der Waals surface area contributed by atoms with Crippen molar-refractivity contribution in [3.05, 3.63) is 65.5 Å². The molecule has 1 aromatic heterocycles. The van der Waals surface area contributed by atoms with Crippen molar-refractivity contribution in [1.82, 2.24) is 0 Å². The lowest BCUT2D eigenvalue weighted by atomic mass is 10.1. The van der Waals surface area contributed by atoms with Gasteiger partial charge in [0.1, 0.15) is 7.05 Å². The highest BCUT2D eigenvalue weighted by atomic mass is 14.9. The van der Waals surface area contributed by atoms with Crippen LogP contribution in [0.25, 0.3) is 12.2 Å². The third-order valence-electron chi connectivity index (χ3n) is 2.56. The van der Waals surface area contributed by atoms with Gasteiger partial charge >= 0.3 is 0 Å². The van der Waals surface area contributed by atoms with Crippen molar-refractivity contribution in [2.75, 3.05) is 0 Å². The Labute approximate surface area is 101 Å². The van der Waals surface area contributed by atoms with Gasteiger partial charge in [0, 0.05) is 18.2 Å². The summed E-state index contributed by atoms with van der Waals surface area (Å²) in [7, 11) is 2.01. The number of hydrogen-bond acceptors (Lipinski definition) is 1. The molecule has 0 radical (unpaired) electrons. The van der Waals surface area contributed by atoms with Crippen LogP contribution in [0, 0.1) is 11.3 Å². The zero-order valence-electron chi connectivity index (χ0n) is 9.67. The normalized spacial score (nSPS) is 10.4. The van der Waals surface area contributed by atoms with Crippen molar-refractivity contribution in [2.24, 2.45) is 7.05 Å². The van der Waals surface area contributed by atoms with Gasteiger partial charge in [-0.2, -0.15) is 5.26 Å². The highest BCUT2D eigenvalue weighted by Crippen LogP contribution is 2.08. The van der Waals surface area contributed by atoms with Crippen molar-refractivity contribution < 1.29 is 4.57 Å². The molecule has 0 atom stereocenters. The Morgan fingerprint density at radius 3 is 2.76 bits per heavy atom. The second kappa shape index (κ2) is 5.09. The average molecular weight is 221 g/mol. The Hall–Kier alpha value is -2.40. The maximum atomic E-state index is 8.81. The maximum absolute atomic E-state index is 8.81. The first-order valence-electron chi connectivity index (χ1n) is 5.42. The van der Waals surface area contributed by atoms with E-state index in [0.29, 0.717) is 5.56 Å². The summed E-state index contributed by atoms with van der Waals surface area (Å²) in [6, 6.07) is 15.7. The van der Waals surface area contributed by atoms with Crippen molar-refractivity contribution in [3.8, 4) is 6.07 Å². The monoisotopic (exact) mass is 221 g/mol. The lowest BCUT2D eigenvalue weighted by Gasteiger charge is -1.94. The molecular weight excluding hydrogens is 208 g/mol. The van der Waals surface area contributed by atoms with Gasteiger partial charge in [0.05, 0.1) is 11.6 Å². The fraction of sp³-hybridized carbons (Fsp3) is 0.0667. The van der Waals surface area contributed by atoms with E-state index in [-0.39, 0.29) is 0 Å². The Balaban J connectivity index is 2.27. The molecule has 0 bridgehead atoms. The smallest absolute Gasteiger partial charge is 0.202 e. The predicted molar refractivity (Wildman–Crippen MR) is 67.7 cm³/mol. The lowest BCUT2D eigenvalue weighted by molar-refractivity contribution is -0.673. The summed E-state index contributed by atoms with van der Waals surface area (Å²) < 4.78 is 2.05. The van der Waals surface area contributed by atoms with Gasteiger partial charge in [-0.1, -0.05) is 12.1 Å². The van der Waals surface area contributed by atoms with Crippen LogP contribution in [0.3, 0.4) is 0 Å². The molecule has 0 unspecified atom stereocenters. The number of aryl methyl sites for hydroxylation is 1. The molecule has 0 fully saturated rings. The Bertz CT molecular complexity index is 592. The van der Waals surface area contributed by atoms with Crippen LogP contribution >= 0.6 is 0 Å². The number of aromatic nitrogens is 1. The van der Waals surface area contributed by atoms with Gasteiger partial charge in [-0.15, -0.1) is 0 Å². The second-order valence-electron chi connectivity index (χ2n) is 3.81. The van der Waals surface area contributed by atoms with Crippen molar-refractivity contribution >= 4 is 12.2 Å². The molecule has 2 nitrogen and oxygen atoms in total. The fourth-order valence-electron chi connectivity index (χ4n) is 1.60. The summed E-state index contributed by atoms with van der Waals surface area (Å²) in [5.74, 6) is 0. The molecule has 0 saturated heterocycles. The van der Waals surface area contributed by atoms with E-state index < -0.39 is 0 Å². The minimum atomic E-state index is 0.685. The summed E-state index contributed by atoms with van der Waals surface area (Å²) in [6.07, 6.45) is 6.05. The van der Waals surface area contributed by atoms with Crippen molar-refractivity contribution in [3.63, 3.8) is 0 Å². The van der Waals surface area contributed by atoms with Crippen LogP contribution in [-0.2, 0) is 7.05 Å². The number of nitriles is 1. The van der Waals surface area contributed by atoms with E-state index in [9.17, 15) is 0 Å². The number of benzene rings is 1. The SMILES string of the molecule is C[n+]1ccccc1/C=C/c1cccc(C#N)c1. The van der Waals surface area contributed by atoms with Gasteiger partial charge in [-0.3, -0.25) is 0 Å². The molecule has 82 valence electrons. The molecule has 2 heteroatoms. The van der Waals surface area contributed by atoms with Crippen LogP contribution in [0.4, 0.5) is 0 Å². The predicted octanol–water partition coefficient (Wildman–Crippen LogP) is 2.55. The lowest BCUT2D eigenvalue weighted by Crippen LogP contribution is -2.30. The van der Waals surface area contributed by atoms with Gasteiger partial charge in [0.25, 0.3) is 0 Å². The third kappa shape index (κ3) is 2.79. The summed E-state index contributed by atoms with van der Waals surface area (Å²) in [4.78, 5) is 0. The Morgan fingerprint density at radius 2 is 2.00 bits per heavy atom. The maximum Gasteiger partial charge on any atom is 0.204 e. The van der Waals surface area contributed by atoms with Crippen LogP contribution < -0.4 is 4.57 Å². The Morgan fingerprint density at radius 1 is 1.12 bits per heavy atom. The standard InChI is InChI=1S/C15H13N2/c1-17-10-3-2-7-15(17)9-8-13-5-4-6-14(11-13)12-16/h2-11H,1H3/q+1/b9-8+. The highest BCUT2D eigenvalue weighted by molar-refractivity contribution is 5.67. The zero-order valence-corrected chi connectivity index (χ0v) is 9.67. The fourth-order valence-corrected chi connectivity index (χ4v) is 1.60. The van der Waals surface area contributed by atoms with E-state index in [2.05, 4.69) is 6.07 Å². The summed E-state index contributed by atoms with van der Waals surface area (Å²) >= 11 is 0. The third-order valence-corrected chi connectivity index (χ3v) is 2.56. The molecule has 0 saturated carbocycles. The van der Waals surface area contributed by atoms with E-state index in [1.807, 2.05) is 66.4 Å². The zero-order chi connectivity index (χ0) is 12.1. The van der Waals surface area contributed by atoms with Gasteiger partial charge in [0.2, 0.25) is 5.69 Å². The number of hydrogen-bond donors (Lipinski definition) is 0.